The number of rotatable bonds is 3. The molecule has 3 rings (SSSR count). The van der Waals surface area contributed by atoms with Crippen LogP contribution in [0, 0.1) is 0 Å². The summed E-state index contributed by atoms with van der Waals surface area (Å²) in [5, 5.41) is 0.649. The van der Waals surface area contributed by atoms with Gasteiger partial charge >= 0.3 is 6.03 Å². The maximum atomic E-state index is 12.8. The number of amides is 2. The maximum absolute atomic E-state index is 12.8. The first kappa shape index (κ1) is 15.1. The number of ether oxygens (including phenoxy) is 1. The number of carbonyl (C=O) groups is 1. The van der Waals surface area contributed by atoms with E-state index in [2.05, 4.69) is 0 Å². The molecular formula is C16H15ClN2O2S. The lowest BCUT2D eigenvalue weighted by Crippen LogP contribution is -2.43. The highest BCUT2D eigenvalue weighted by molar-refractivity contribution is 8.01. The SMILES string of the molecule is CCN1C(=O)N(c2ccc(Cl)cc2)Sc2ccc(OC)cc21. The quantitative estimate of drug-likeness (QED) is 0.754. The molecule has 0 unspecified atom stereocenters. The van der Waals surface area contributed by atoms with E-state index in [1.807, 2.05) is 37.3 Å². The third-order valence-corrected chi connectivity index (χ3v) is 4.77. The number of hydrogen-bond donors (Lipinski definition) is 0. The van der Waals surface area contributed by atoms with Crippen molar-refractivity contribution in [1.82, 2.24) is 0 Å². The number of urea groups is 1. The van der Waals surface area contributed by atoms with Crippen molar-refractivity contribution in [3.05, 3.63) is 47.5 Å². The molecule has 0 saturated carbocycles. The lowest BCUT2D eigenvalue weighted by atomic mass is 10.2. The highest BCUT2D eigenvalue weighted by atomic mass is 35.5. The van der Waals surface area contributed by atoms with Crippen molar-refractivity contribution in [3.63, 3.8) is 0 Å². The van der Waals surface area contributed by atoms with Crippen molar-refractivity contribution in [2.24, 2.45) is 0 Å². The van der Waals surface area contributed by atoms with Crippen LogP contribution in [-0.4, -0.2) is 19.7 Å². The fourth-order valence-electron chi connectivity index (χ4n) is 2.31. The average Bonchev–Trinajstić information content (AvgIpc) is 2.55. The van der Waals surface area contributed by atoms with E-state index in [4.69, 9.17) is 16.3 Å². The number of carbonyl (C=O) groups excluding carboxylic acids is 1. The molecule has 0 saturated heterocycles. The Morgan fingerprint density at radius 1 is 1.18 bits per heavy atom. The van der Waals surface area contributed by atoms with E-state index in [1.165, 1.54) is 11.9 Å². The van der Waals surface area contributed by atoms with Crippen molar-refractivity contribution in [2.45, 2.75) is 11.8 Å². The predicted molar refractivity (Wildman–Crippen MR) is 91.2 cm³/mol. The Morgan fingerprint density at radius 3 is 2.55 bits per heavy atom. The van der Waals surface area contributed by atoms with Crippen LogP contribution in [0.4, 0.5) is 16.2 Å². The first-order chi connectivity index (χ1) is 10.6. The summed E-state index contributed by atoms with van der Waals surface area (Å²) in [4.78, 5) is 15.5. The summed E-state index contributed by atoms with van der Waals surface area (Å²) < 4.78 is 6.93. The monoisotopic (exact) mass is 334 g/mol. The predicted octanol–water partition coefficient (Wildman–Crippen LogP) is 4.82. The van der Waals surface area contributed by atoms with Gasteiger partial charge in [0.15, 0.2) is 0 Å². The Labute approximate surface area is 138 Å². The molecule has 1 aliphatic heterocycles. The maximum Gasteiger partial charge on any atom is 0.339 e. The highest BCUT2D eigenvalue weighted by Crippen LogP contribution is 2.42. The lowest BCUT2D eigenvalue weighted by Gasteiger charge is -2.35. The number of benzene rings is 2. The molecule has 6 heteroatoms. The molecule has 0 radical (unpaired) electrons. The van der Waals surface area contributed by atoms with Crippen LogP contribution in [0.15, 0.2) is 47.4 Å². The van der Waals surface area contributed by atoms with Gasteiger partial charge in [-0.3, -0.25) is 4.90 Å². The van der Waals surface area contributed by atoms with Crippen LogP contribution in [0.1, 0.15) is 6.92 Å². The van der Waals surface area contributed by atoms with E-state index in [0.29, 0.717) is 11.6 Å². The molecular weight excluding hydrogens is 320 g/mol. The molecule has 0 spiro atoms. The van der Waals surface area contributed by atoms with E-state index >= 15 is 0 Å². The number of nitrogens with zero attached hydrogens (tertiary/aromatic N) is 2. The summed E-state index contributed by atoms with van der Waals surface area (Å²) in [5.41, 5.74) is 1.68. The molecule has 2 aromatic carbocycles. The van der Waals surface area contributed by atoms with Crippen LogP contribution in [0.2, 0.25) is 5.02 Å². The molecule has 0 bridgehead atoms. The number of anilines is 2. The largest absolute Gasteiger partial charge is 0.497 e. The van der Waals surface area contributed by atoms with Crippen molar-refractivity contribution >= 4 is 41.0 Å². The van der Waals surface area contributed by atoms with Gasteiger partial charge < -0.3 is 4.74 Å². The van der Waals surface area contributed by atoms with E-state index < -0.39 is 0 Å². The van der Waals surface area contributed by atoms with Crippen molar-refractivity contribution in [1.29, 1.82) is 0 Å². The normalized spacial score (nSPS) is 14.0. The minimum Gasteiger partial charge on any atom is -0.497 e. The minimum absolute atomic E-state index is 0.0735. The molecule has 4 nitrogen and oxygen atoms in total. The van der Waals surface area contributed by atoms with Crippen molar-refractivity contribution in [3.8, 4) is 5.75 Å². The molecule has 114 valence electrons. The standard InChI is InChI=1S/C16H15ClN2O2S/c1-3-18-14-10-13(21-2)8-9-15(14)22-19(16(18)20)12-6-4-11(17)5-7-12/h4-10H,3H2,1-2H3. The minimum atomic E-state index is -0.0735. The Morgan fingerprint density at radius 2 is 1.91 bits per heavy atom. The molecule has 0 aromatic heterocycles. The van der Waals surface area contributed by atoms with E-state index in [9.17, 15) is 4.79 Å². The van der Waals surface area contributed by atoms with Gasteiger partial charge in [-0.1, -0.05) is 11.6 Å². The second-order valence-electron chi connectivity index (χ2n) is 4.72. The number of methoxy groups -OCH3 is 1. The molecule has 0 fully saturated rings. The van der Waals surface area contributed by atoms with Crippen LogP contribution in [0.3, 0.4) is 0 Å². The molecule has 0 N–H and O–H groups in total. The second kappa shape index (κ2) is 6.10. The summed E-state index contributed by atoms with van der Waals surface area (Å²) in [5.74, 6) is 0.741. The molecule has 1 heterocycles. The smallest absolute Gasteiger partial charge is 0.339 e. The Balaban J connectivity index is 2.02. The van der Waals surface area contributed by atoms with Crippen LogP contribution < -0.4 is 13.9 Å². The third kappa shape index (κ3) is 2.62. The van der Waals surface area contributed by atoms with E-state index in [1.54, 1.807) is 28.4 Å². The zero-order chi connectivity index (χ0) is 15.7. The zero-order valence-electron chi connectivity index (χ0n) is 12.2. The molecule has 1 aliphatic rings. The summed E-state index contributed by atoms with van der Waals surface area (Å²) in [6.45, 7) is 2.54. The van der Waals surface area contributed by atoms with E-state index in [0.717, 1.165) is 22.0 Å². The first-order valence-electron chi connectivity index (χ1n) is 6.87. The van der Waals surface area contributed by atoms with Crippen LogP contribution in [-0.2, 0) is 0 Å². The molecule has 0 aliphatic carbocycles. The molecule has 2 aromatic rings. The van der Waals surface area contributed by atoms with Gasteiger partial charge in [0.25, 0.3) is 0 Å². The Kier molecular flexibility index (Phi) is 4.18. The van der Waals surface area contributed by atoms with Gasteiger partial charge in [-0.15, -0.1) is 0 Å². The van der Waals surface area contributed by atoms with Gasteiger partial charge in [0.1, 0.15) is 5.75 Å². The second-order valence-corrected chi connectivity index (χ2v) is 6.15. The Hall–Kier alpha value is -1.85. The number of hydrogen-bond acceptors (Lipinski definition) is 3. The molecule has 22 heavy (non-hydrogen) atoms. The summed E-state index contributed by atoms with van der Waals surface area (Å²) in [7, 11) is 1.62. The summed E-state index contributed by atoms with van der Waals surface area (Å²) in [6.07, 6.45) is 0. The van der Waals surface area contributed by atoms with Crippen molar-refractivity contribution in [2.75, 3.05) is 22.9 Å². The van der Waals surface area contributed by atoms with Crippen LogP contribution in [0.5, 0.6) is 5.75 Å². The zero-order valence-corrected chi connectivity index (χ0v) is 13.8. The topological polar surface area (TPSA) is 32.8 Å². The fraction of sp³-hybridized carbons (Fsp3) is 0.188. The van der Waals surface area contributed by atoms with E-state index in [-0.39, 0.29) is 6.03 Å². The number of halogens is 1. The van der Waals surface area contributed by atoms with Crippen LogP contribution >= 0.6 is 23.5 Å². The van der Waals surface area contributed by atoms with Gasteiger partial charge in [0, 0.05) is 17.6 Å². The van der Waals surface area contributed by atoms with Crippen molar-refractivity contribution < 1.29 is 9.53 Å². The first-order valence-corrected chi connectivity index (χ1v) is 8.02. The lowest BCUT2D eigenvalue weighted by molar-refractivity contribution is 0.254. The van der Waals surface area contributed by atoms with Crippen LogP contribution in [0.25, 0.3) is 0 Å². The third-order valence-electron chi connectivity index (χ3n) is 3.43. The van der Waals surface area contributed by atoms with Gasteiger partial charge in [-0.05, 0) is 55.3 Å². The summed E-state index contributed by atoms with van der Waals surface area (Å²) in [6, 6.07) is 12.9. The van der Waals surface area contributed by atoms with Gasteiger partial charge in [-0.25, -0.2) is 9.10 Å². The van der Waals surface area contributed by atoms with Gasteiger partial charge in [0.05, 0.1) is 23.4 Å². The molecule has 2 amide bonds. The highest BCUT2D eigenvalue weighted by Gasteiger charge is 2.31. The molecule has 0 atom stereocenters. The Bertz CT molecular complexity index is 706. The average molecular weight is 335 g/mol. The summed E-state index contributed by atoms with van der Waals surface area (Å²) >= 11 is 7.33. The van der Waals surface area contributed by atoms with Gasteiger partial charge in [-0.2, -0.15) is 0 Å². The fourth-order valence-corrected chi connectivity index (χ4v) is 3.43. The van der Waals surface area contributed by atoms with Gasteiger partial charge in [0.2, 0.25) is 0 Å². The number of fused-ring (bicyclic) bond motifs is 1.